The molecular formula is C5H10N2O3S. The van der Waals surface area contributed by atoms with E-state index < -0.39 is 10.3 Å². The Morgan fingerprint density at radius 3 is 3.09 bits per heavy atom. The van der Waals surface area contributed by atoms with Gasteiger partial charge in [-0.15, -0.1) is 0 Å². The minimum atomic E-state index is -3.35. The molecule has 5 nitrogen and oxygen atoms in total. The second-order valence-corrected chi connectivity index (χ2v) is 4.27. The van der Waals surface area contributed by atoms with Crippen molar-refractivity contribution in [2.45, 2.75) is 6.04 Å². The van der Waals surface area contributed by atoms with Crippen LogP contribution < -0.4 is 5.32 Å². The second-order valence-electron chi connectivity index (χ2n) is 2.71. The normalized spacial score (nSPS) is 36.9. The standard InChI is InChI=1S/C5H10N2O3S/c8-11(9)7-2-1-6-3-5(7)4-10-11/h5-6H,1-4H2/t5-/m1/s1. The maximum absolute atomic E-state index is 11.1. The predicted molar refractivity (Wildman–Crippen MR) is 38.2 cm³/mol. The summed E-state index contributed by atoms with van der Waals surface area (Å²) in [5.41, 5.74) is 0. The van der Waals surface area contributed by atoms with Crippen molar-refractivity contribution in [3.8, 4) is 0 Å². The molecule has 1 N–H and O–H groups in total. The zero-order valence-corrected chi connectivity index (χ0v) is 6.80. The largest absolute Gasteiger partial charge is 0.338 e. The molecule has 0 aromatic heterocycles. The van der Waals surface area contributed by atoms with Crippen LogP contribution in [0.15, 0.2) is 0 Å². The van der Waals surface area contributed by atoms with Gasteiger partial charge in [0, 0.05) is 19.6 Å². The molecule has 0 amide bonds. The highest BCUT2D eigenvalue weighted by Gasteiger charge is 2.39. The van der Waals surface area contributed by atoms with Crippen LogP contribution in [0.3, 0.4) is 0 Å². The zero-order chi connectivity index (χ0) is 7.90. The quantitative estimate of drug-likeness (QED) is 0.492. The molecule has 64 valence electrons. The Bertz CT molecular complexity index is 250. The molecule has 2 saturated heterocycles. The molecule has 0 saturated carbocycles. The first-order chi connectivity index (χ1) is 5.20. The highest BCUT2D eigenvalue weighted by Crippen LogP contribution is 2.18. The Morgan fingerprint density at radius 1 is 1.55 bits per heavy atom. The SMILES string of the molecule is O=S1(=O)OC[C@H]2CNCCN21. The summed E-state index contributed by atoms with van der Waals surface area (Å²) in [6, 6.07) is 0.0220. The first-order valence-electron chi connectivity index (χ1n) is 3.57. The highest BCUT2D eigenvalue weighted by atomic mass is 32.2. The van der Waals surface area contributed by atoms with E-state index in [0.717, 1.165) is 6.54 Å². The number of nitrogens with one attached hydrogen (secondary N) is 1. The molecule has 0 aromatic carbocycles. The van der Waals surface area contributed by atoms with E-state index >= 15 is 0 Å². The van der Waals surface area contributed by atoms with Crippen LogP contribution in [0.5, 0.6) is 0 Å². The summed E-state index contributed by atoms with van der Waals surface area (Å²) in [5, 5.41) is 3.11. The first-order valence-corrected chi connectivity index (χ1v) is 4.93. The lowest BCUT2D eigenvalue weighted by molar-refractivity contribution is 0.271. The fraction of sp³-hybridized carbons (Fsp3) is 1.00. The number of hydrogen-bond acceptors (Lipinski definition) is 4. The Hall–Kier alpha value is -0.170. The van der Waals surface area contributed by atoms with Gasteiger partial charge in [0.2, 0.25) is 0 Å². The second kappa shape index (κ2) is 2.41. The summed E-state index contributed by atoms with van der Waals surface area (Å²) in [6.07, 6.45) is 0. The van der Waals surface area contributed by atoms with Crippen LogP contribution in [0.25, 0.3) is 0 Å². The monoisotopic (exact) mass is 178 g/mol. The van der Waals surface area contributed by atoms with Gasteiger partial charge in [-0.1, -0.05) is 0 Å². The molecule has 2 heterocycles. The van der Waals surface area contributed by atoms with Gasteiger partial charge in [0.1, 0.15) is 0 Å². The van der Waals surface area contributed by atoms with Crippen LogP contribution in [-0.2, 0) is 14.5 Å². The van der Waals surface area contributed by atoms with Crippen molar-refractivity contribution in [3.63, 3.8) is 0 Å². The van der Waals surface area contributed by atoms with Crippen LogP contribution in [0.4, 0.5) is 0 Å². The van der Waals surface area contributed by atoms with E-state index in [4.69, 9.17) is 0 Å². The molecule has 0 aromatic rings. The van der Waals surface area contributed by atoms with E-state index in [0.29, 0.717) is 19.7 Å². The number of hydrogen-bond donors (Lipinski definition) is 1. The zero-order valence-electron chi connectivity index (χ0n) is 5.99. The van der Waals surface area contributed by atoms with Crippen molar-refractivity contribution >= 4 is 10.3 Å². The Kier molecular flexibility index (Phi) is 1.64. The third-order valence-electron chi connectivity index (χ3n) is 1.99. The minimum Gasteiger partial charge on any atom is -0.314 e. The third-order valence-corrected chi connectivity index (χ3v) is 3.48. The van der Waals surface area contributed by atoms with E-state index in [1.165, 1.54) is 4.31 Å². The van der Waals surface area contributed by atoms with Gasteiger partial charge in [-0.3, -0.25) is 4.18 Å². The van der Waals surface area contributed by atoms with Gasteiger partial charge in [-0.05, 0) is 0 Å². The minimum absolute atomic E-state index is 0.0220. The topological polar surface area (TPSA) is 58.6 Å². The molecule has 0 spiro atoms. The summed E-state index contributed by atoms with van der Waals surface area (Å²) in [6.45, 7) is 2.26. The van der Waals surface area contributed by atoms with E-state index in [1.807, 2.05) is 0 Å². The fourth-order valence-corrected chi connectivity index (χ4v) is 2.69. The summed E-state index contributed by atoms with van der Waals surface area (Å²) < 4.78 is 28.2. The maximum atomic E-state index is 11.1. The van der Waals surface area contributed by atoms with Gasteiger partial charge in [-0.25, -0.2) is 0 Å². The van der Waals surface area contributed by atoms with Crippen molar-refractivity contribution in [2.75, 3.05) is 26.2 Å². The highest BCUT2D eigenvalue weighted by molar-refractivity contribution is 7.84. The van der Waals surface area contributed by atoms with E-state index in [9.17, 15) is 8.42 Å². The summed E-state index contributed by atoms with van der Waals surface area (Å²) >= 11 is 0. The number of nitrogens with zero attached hydrogens (tertiary/aromatic N) is 1. The molecule has 2 fully saturated rings. The predicted octanol–water partition coefficient (Wildman–Crippen LogP) is -1.46. The van der Waals surface area contributed by atoms with Gasteiger partial charge in [-0.2, -0.15) is 12.7 Å². The van der Waals surface area contributed by atoms with Crippen LogP contribution in [-0.4, -0.2) is 45.0 Å². The van der Waals surface area contributed by atoms with Crippen molar-refractivity contribution < 1.29 is 12.6 Å². The van der Waals surface area contributed by atoms with Crippen LogP contribution in [0, 0.1) is 0 Å². The Labute approximate surface area is 65.6 Å². The smallest absolute Gasteiger partial charge is 0.314 e. The van der Waals surface area contributed by atoms with Gasteiger partial charge >= 0.3 is 10.3 Å². The Morgan fingerprint density at radius 2 is 2.36 bits per heavy atom. The van der Waals surface area contributed by atoms with Gasteiger partial charge in [0.15, 0.2) is 0 Å². The molecule has 11 heavy (non-hydrogen) atoms. The first kappa shape index (κ1) is 7.48. The van der Waals surface area contributed by atoms with E-state index in [1.54, 1.807) is 0 Å². The van der Waals surface area contributed by atoms with E-state index in [2.05, 4.69) is 9.50 Å². The van der Waals surface area contributed by atoms with Crippen molar-refractivity contribution in [1.29, 1.82) is 0 Å². The Balaban J connectivity index is 2.23. The molecule has 6 heteroatoms. The molecule has 0 unspecified atom stereocenters. The summed E-state index contributed by atoms with van der Waals surface area (Å²) in [5.74, 6) is 0. The molecule has 0 bridgehead atoms. The molecule has 2 rings (SSSR count). The van der Waals surface area contributed by atoms with Crippen molar-refractivity contribution in [3.05, 3.63) is 0 Å². The van der Waals surface area contributed by atoms with Gasteiger partial charge in [0.25, 0.3) is 0 Å². The fourth-order valence-electron chi connectivity index (χ4n) is 1.41. The molecule has 2 aliphatic rings. The maximum Gasteiger partial charge on any atom is 0.338 e. The molecule has 1 atom stereocenters. The lowest BCUT2D eigenvalue weighted by atomic mass is 10.2. The van der Waals surface area contributed by atoms with Crippen LogP contribution in [0.1, 0.15) is 0 Å². The number of rotatable bonds is 0. The number of fused-ring (bicyclic) bond motifs is 1. The lowest BCUT2D eigenvalue weighted by Gasteiger charge is -2.25. The van der Waals surface area contributed by atoms with Gasteiger partial charge < -0.3 is 5.32 Å². The molecule has 2 aliphatic heterocycles. The lowest BCUT2D eigenvalue weighted by Crippen LogP contribution is -2.49. The third kappa shape index (κ3) is 1.16. The average molecular weight is 178 g/mol. The van der Waals surface area contributed by atoms with Crippen LogP contribution >= 0.6 is 0 Å². The van der Waals surface area contributed by atoms with Crippen LogP contribution in [0.2, 0.25) is 0 Å². The summed E-state index contributed by atoms with van der Waals surface area (Å²) in [7, 11) is -3.35. The van der Waals surface area contributed by atoms with Crippen molar-refractivity contribution in [1.82, 2.24) is 9.62 Å². The average Bonchev–Trinajstić information content (AvgIpc) is 2.29. The van der Waals surface area contributed by atoms with Gasteiger partial charge in [0.05, 0.1) is 12.6 Å². The molecular weight excluding hydrogens is 168 g/mol. The summed E-state index contributed by atoms with van der Waals surface area (Å²) in [4.78, 5) is 0. The number of piperazine rings is 1. The molecule has 0 radical (unpaired) electrons. The molecule has 0 aliphatic carbocycles. The van der Waals surface area contributed by atoms with E-state index in [-0.39, 0.29) is 6.04 Å². The van der Waals surface area contributed by atoms with Crippen molar-refractivity contribution in [2.24, 2.45) is 0 Å².